The maximum absolute atomic E-state index is 12.2. The molecule has 0 atom stereocenters. The van der Waals surface area contributed by atoms with Crippen LogP contribution >= 0.6 is 12.4 Å². The average molecular weight is 354 g/mol. The van der Waals surface area contributed by atoms with Gasteiger partial charge in [-0.05, 0) is 18.4 Å². The van der Waals surface area contributed by atoms with Crippen molar-refractivity contribution in [1.82, 2.24) is 10.2 Å². The molecule has 5 nitrogen and oxygen atoms in total. The number of amides is 2. The van der Waals surface area contributed by atoms with Crippen molar-refractivity contribution in [3.63, 3.8) is 0 Å². The van der Waals surface area contributed by atoms with Crippen molar-refractivity contribution in [2.24, 2.45) is 5.73 Å². The summed E-state index contributed by atoms with van der Waals surface area (Å²) in [6, 6.07) is 9.82. The molecule has 1 saturated carbocycles. The van der Waals surface area contributed by atoms with Crippen LogP contribution in [0, 0.1) is 0 Å². The van der Waals surface area contributed by atoms with E-state index in [1.165, 1.54) is 0 Å². The Morgan fingerprint density at radius 3 is 2.38 bits per heavy atom. The first-order valence-corrected chi connectivity index (χ1v) is 8.35. The molecule has 0 aliphatic heterocycles. The molecule has 134 valence electrons. The first-order chi connectivity index (χ1) is 11.0. The van der Waals surface area contributed by atoms with Crippen LogP contribution in [0.1, 0.15) is 44.6 Å². The van der Waals surface area contributed by atoms with Crippen molar-refractivity contribution in [2.75, 3.05) is 13.1 Å². The van der Waals surface area contributed by atoms with Gasteiger partial charge in [-0.1, -0.05) is 43.2 Å². The van der Waals surface area contributed by atoms with Gasteiger partial charge in [0.2, 0.25) is 11.8 Å². The second-order valence-electron chi connectivity index (χ2n) is 6.42. The summed E-state index contributed by atoms with van der Waals surface area (Å²) >= 11 is 0. The zero-order valence-electron chi connectivity index (χ0n) is 14.3. The Labute approximate surface area is 150 Å². The average Bonchev–Trinajstić information content (AvgIpc) is 3.01. The van der Waals surface area contributed by atoms with E-state index in [0.717, 1.165) is 31.2 Å². The summed E-state index contributed by atoms with van der Waals surface area (Å²) in [5.74, 6) is -0.0345. The number of rotatable bonds is 7. The molecule has 1 aliphatic carbocycles. The molecule has 1 aromatic rings. The van der Waals surface area contributed by atoms with Crippen molar-refractivity contribution in [3.8, 4) is 0 Å². The summed E-state index contributed by atoms with van der Waals surface area (Å²) in [4.78, 5) is 25.7. The van der Waals surface area contributed by atoms with Crippen molar-refractivity contribution in [3.05, 3.63) is 35.9 Å². The number of halogens is 1. The fraction of sp³-hybridized carbons (Fsp3) is 0.556. The van der Waals surface area contributed by atoms with Crippen LogP contribution < -0.4 is 11.1 Å². The van der Waals surface area contributed by atoms with E-state index >= 15 is 0 Å². The Morgan fingerprint density at radius 1 is 1.21 bits per heavy atom. The van der Waals surface area contributed by atoms with Gasteiger partial charge in [0.25, 0.3) is 0 Å². The number of nitrogens with one attached hydrogen (secondary N) is 1. The highest BCUT2D eigenvalue weighted by atomic mass is 35.5. The Kier molecular flexibility index (Phi) is 8.22. The van der Waals surface area contributed by atoms with Gasteiger partial charge in [-0.25, -0.2) is 0 Å². The number of carbonyl (C=O) groups excluding carboxylic acids is 2. The SMILES string of the molecule is CC(=O)N(CCC(=O)NC1(CN)CCCC1)Cc1ccccc1.Cl. The summed E-state index contributed by atoms with van der Waals surface area (Å²) in [5, 5.41) is 3.10. The zero-order chi connectivity index (χ0) is 16.7. The van der Waals surface area contributed by atoms with Gasteiger partial charge in [-0.15, -0.1) is 12.4 Å². The van der Waals surface area contributed by atoms with E-state index in [2.05, 4.69) is 5.32 Å². The molecule has 0 spiro atoms. The fourth-order valence-electron chi connectivity index (χ4n) is 3.18. The van der Waals surface area contributed by atoms with Crippen molar-refractivity contribution in [2.45, 2.75) is 51.1 Å². The standard InChI is InChI=1S/C18H27N3O2.ClH/c1-15(22)21(13-16-7-3-2-4-8-16)12-9-17(23)20-18(14-19)10-5-6-11-18;/h2-4,7-8H,5-6,9-14,19H2,1H3,(H,20,23);1H. The Balaban J connectivity index is 0.00000288. The minimum absolute atomic E-state index is 0. The van der Waals surface area contributed by atoms with E-state index in [9.17, 15) is 9.59 Å². The number of carbonyl (C=O) groups is 2. The minimum Gasteiger partial charge on any atom is -0.349 e. The van der Waals surface area contributed by atoms with Crippen LogP contribution in [-0.2, 0) is 16.1 Å². The highest BCUT2D eigenvalue weighted by Crippen LogP contribution is 2.28. The zero-order valence-corrected chi connectivity index (χ0v) is 15.1. The molecule has 0 saturated heterocycles. The third-order valence-electron chi connectivity index (χ3n) is 4.63. The van der Waals surface area contributed by atoms with Gasteiger partial charge in [0.05, 0.1) is 5.54 Å². The van der Waals surface area contributed by atoms with Gasteiger partial charge >= 0.3 is 0 Å². The maximum Gasteiger partial charge on any atom is 0.222 e. The van der Waals surface area contributed by atoms with Gasteiger partial charge in [0.15, 0.2) is 0 Å². The number of benzene rings is 1. The minimum atomic E-state index is -0.225. The largest absolute Gasteiger partial charge is 0.349 e. The quantitative estimate of drug-likeness (QED) is 0.789. The van der Waals surface area contributed by atoms with Crippen LogP contribution in [0.15, 0.2) is 30.3 Å². The lowest BCUT2D eigenvalue weighted by Gasteiger charge is -2.29. The molecule has 0 bridgehead atoms. The second kappa shape index (κ2) is 9.64. The van der Waals surface area contributed by atoms with Crippen LogP contribution in [0.3, 0.4) is 0 Å². The first kappa shape index (κ1) is 20.5. The van der Waals surface area contributed by atoms with Crippen LogP contribution in [0.25, 0.3) is 0 Å². The van der Waals surface area contributed by atoms with E-state index in [-0.39, 0.29) is 29.8 Å². The predicted octanol–water partition coefficient (Wildman–Crippen LogP) is 2.23. The number of hydrogen-bond donors (Lipinski definition) is 2. The van der Waals surface area contributed by atoms with Gasteiger partial charge in [-0.3, -0.25) is 9.59 Å². The van der Waals surface area contributed by atoms with E-state index in [1.54, 1.807) is 11.8 Å². The molecular weight excluding hydrogens is 326 g/mol. The Hall–Kier alpha value is -1.59. The van der Waals surface area contributed by atoms with Crippen molar-refractivity contribution < 1.29 is 9.59 Å². The molecule has 24 heavy (non-hydrogen) atoms. The molecule has 1 aromatic carbocycles. The molecule has 0 aromatic heterocycles. The third kappa shape index (κ3) is 5.80. The third-order valence-corrected chi connectivity index (χ3v) is 4.63. The molecular formula is C18H28ClN3O2. The van der Waals surface area contributed by atoms with Crippen LogP contribution in [-0.4, -0.2) is 35.3 Å². The van der Waals surface area contributed by atoms with Gasteiger partial charge in [0.1, 0.15) is 0 Å². The van der Waals surface area contributed by atoms with Crippen LogP contribution in [0.5, 0.6) is 0 Å². The lowest BCUT2D eigenvalue weighted by molar-refractivity contribution is -0.130. The smallest absolute Gasteiger partial charge is 0.222 e. The van der Waals surface area contributed by atoms with E-state index < -0.39 is 0 Å². The molecule has 0 unspecified atom stereocenters. The van der Waals surface area contributed by atoms with Crippen molar-refractivity contribution in [1.29, 1.82) is 0 Å². The normalized spacial score (nSPS) is 15.4. The van der Waals surface area contributed by atoms with Crippen molar-refractivity contribution >= 4 is 24.2 Å². The highest BCUT2D eigenvalue weighted by molar-refractivity contribution is 5.85. The van der Waals surface area contributed by atoms with E-state index in [4.69, 9.17) is 5.73 Å². The maximum atomic E-state index is 12.2. The summed E-state index contributed by atoms with van der Waals surface area (Å²) < 4.78 is 0. The van der Waals surface area contributed by atoms with Crippen LogP contribution in [0.2, 0.25) is 0 Å². The number of nitrogens with zero attached hydrogens (tertiary/aromatic N) is 1. The number of hydrogen-bond acceptors (Lipinski definition) is 3. The molecule has 0 heterocycles. The Morgan fingerprint density at radius 2 is 1.83 bits per heavy atom. The van der Waals surface area contributed by atoms with Gasteiger partial charge in [0, 0.05) is 33.0 Å². The summed E-state index contributed by atoms with van der Waals surface area (Å²) in [6.07, 6.45) is 4.45. The van der Waals surface area contributed by atoms with E-state index in [0.29, 0.717) is 26.1 Å². The second-order valence-corrected chi connectivity index (χ2v) is 6.42. The molecule has 2 rings (SSSR count). The molecule has 2 amide bonds. The fourth-order valence-corrected chi connectivity index (χ4v) is 3.18. The van der Waals surface area contributed by atoms with E-state index in [1.807, 2.05) is 30.3 Å². The molecule has 0 radical (unpaired) electrons. The number of nitrogens with two attached hydrogens (primary N) is 1. The first-order valence-electron chi connectivity index (χ1n) is 8.35. The summed E-state index contributed by atoms with van der Waals surface area (Å²) in [7, 11) is 0. The molecule has 1 aliphatic rings. The Bertz CT molecular complexity index is 530. The van der Waals surface area contributed by atoms with Gasteiger partial charge < -0.3 is 16.0 Å². The monoisotopic (exact) mass is 353 g/mol. The summed E-state index contributed by atoms with van der Waals surface area (Å²) in [5.41, 5.74) is 6.69. The summed E-state index contributed by atoms with van der Waals surface area (Å²) in [6.45, 7) is 2.99. The lowest BCUT2D eigenvalue weighted by Crippen LogP contribution is -2.52. The molecule has 6 heteroatoms. The predicted molar refractivity (Wildman–Crippen MR) is 97.8 cm³/mol. The topological polar surface area (TPSA) is 75.4 Å². The highest BCUT2D eigenvalue weighted by Gasteiger charge is 2.33. The molecule has 3 N–H and O–H groups in total. The lowest BCUT2D eigenvalue weighted by atomic mass is 9.97. The van der Waals surface area contributed by atoms with Gasteiger partial charge in [-0.2, -0.15) is 0 Å². The van der Waals surface area contributed by atoms with Crippen LogP contribution in [0.4, 0.5) is 0 Å². The molecule has 1 fully saturated rings.